The number of amides is 1. The number of hydrogen-bond donors (Lipinski definition) is 3. The number of aliphatic hydroxyl groups is 1. The number of nitrogens with one attached hydrogen (secondary N) is 1. The van der Waals surface area contributed by atoms with Crippen LogP contribution in [0.15, 0.2) is 48.5 Å². The van der Waals surface area contributed by atoms with Gasteiger partial charge in [-0.2, -0.15) is 0 Å². The molecule has 0 aliphatic carbocycles. The molecule has 1 heterocycles. The third-order valence-corrected chi connectivity index (χ3v) is 4.29. The summed E-state index contributed by atoms with van der Waals surface area (Å²) in [5.41, 5.74) is 9.23. The molecule has 3 rings (SSSR count). The molecule has 0 spiro atoms. The Balaban J connectivity index is 0.00000192. The quantitative estimate of drug-likeness (QED) is 0.799. The Morgan fingerprint density at radius 1 is 1.17 bits per heavy atom. The van der Waals surface area contributed by atoms with Crippen LogP contribution in [-0.2, 0) is 19.4 Å². The minimum absolute atomic E-state index is 0. The summed E-state index contributed by atoms with van der Waals surface area (Å²) in [5, 5.41) is 13.9. The number of rotatable bonds is 4. The summed E-state index contributed by atoms with van der Waals surface area (Å²) in [6.45, 7) is 0.759. The Bertz CT molecular complexity index is 690. The zero-order valence-corrected chi connectivity index (χ0v) is 13.6. The minimum atomic E-state index is -0.561. The molecule has 2 aromatic rings. The molecule has 0 unspecified atom stereocenters. The van der Waals surface area contributed by atoms with Gasteiger partial charge in [-0.3, -0.25) is 4.79 Å². The smallest absolute Gasteiger partial charge is 0.248 e. The first-order chi connectivity index (χ1) is 10.6. The molecular formula is C18H21ClN2O2. The third kappa shape index (κ3) is 3.91. The second kappa shape index (κ2) is 7.59. The number of aliphatic hydroxyl groups excluding tert-OH is 1. The normalized spacial score (nSPS) is 17.7. The van der Waals surface area contributed by atoms with E-state index in [0.717, 1.165) is 18.5 Å². The van der Waals surface area contributed by atoms with Gasteiger partial charge < -0.3 is 16.2 Å². The lowest BCUT2D eigenvalue weighted by molar-refractivity contribution is 0.0995. The Labute approximate surface area is 142 Å². The van der Waals surface area contributed by atoms with Crippen molar-refractivity contribution < 1.29 is 9.90 Å². The lowest BCUT2D eigenvalue weighted by Crippen LogP contribution is -2.45. The van der Waals surface area contributed by atoms with Gasteiger partial charge in [0.05, 0.1) is 6.10 Å². The van der Waals surface area contributed by atoms with Crippen LogP contribution in [0.1, 0.15) is 27.0 Å². The van der Waals surface area contributed by atoms with E-state index in [1.54, 1.807) is 12.1 Å². The van der Waals surface area contributed by atoms with Crippen LogP contribution in [0.5, 0.6) is 0 Å². The predicted octanol–water partition coefficient (Wildman–Crippen LogP) is 1.83. The standard InChI is InChI=1S/C18H20N2O2.ClH/c19-18(22)15-8-4-3-6-13(15)10-17(21)16-9-12-5-1-2-7-14(12)11-20-16;/h1-8,16-17,20-21H,9-11H2,(H2,19,22);1H/t16-,17+;/m0./s1. The van der Waals surface area contributed by atoms with Gasteiger partial charge in [0.1, 0.15) is 0 Å². The van der Waals surface area contributed by atoms with Crippen LogP contribution >= 0.6 is 12.4 Å². The first kappa shape index (κ1) is 17.5. The van der Waals surface area contributed by atoms with Crippen molar-refractivity contribution in [1.82, 2.24) is 5.32 Å². The maximum Gasteiger partial charge on any atom is 0.248 e. The maximum atomic E-state index is 11.5. The molecule has 1 amide bonds. The first-order valence-corrected chi connectivity index (χ1v) is 7.51. The van der Waals surface area contributed by atoms with Gasteiger partial charge in [-0.05, 0) is 29.2 Å². The molecule has 5 heteroatoms. The van der Waals surface area contributed by atoms with E-state index in [1.165, 1.54) is 11.1 Å². The van der Waals surface area contributed by atoms with Gasteiger partial charge in [0, 0.05) is 24.6 Å². The van der Waals surface area contributed by atoms with Crippen molar-refractivity contribution in [3.8, 4) is 0 Å². The summed E-state index contributed by atoms with van der Waals surface area (Å²) in [6, 6.07) is 15.4. The molecule has 122 valence electrons. The fourth-order valence-corrected chi connectivity index (χ4v) is 3.06. The molecule has 23 heavy (non-hydrogen) atoms. The third-order valence-electron chi connectivity index (χ3n) is 4.29. The van der Waals surface area contributed by atoms with Gasteiger partial charge in [-0.1, -0.05) is 42.5 Å². The molecule has 0 fully saturated rings. The molecule has 0 bridgehead atoms. The van der Waals surface area contributed by atoms with Crippen LogP contribution in [0.25, 0.3) is 0 Å². The fourth-order valence-electron chi connectivity index (χ4n) is 3.06. The van der Waals surface area contributed by atoms with E-state index >= 15 is 0 Å². The van der Waals surface area contributed by atoms with Gasteiger partial charge >= 0.3 is 0 Å². The van der Waals surface area contributed by atoms with Gasteiger partial charge in [-0.25, -0.2) is 0 Å². The molecule has 1 aliphatic heterocycles. The lowest BCUT2D eigenvalue weighted by Gasteiger charge is -2.30. The van der Waals surface area contributed by atoms with Gasteiger partial charge in [0.2, 0.25) is 5.91 Å². The Morgan fingerprint density at radius 3 is 2.57 bits per heavy atom. The molecule has 4 nitrogen and oxygen atoms in total. The van der Waals surface area contributed by atoms with Crippen LogP contribution in [0, 0.1) is 0 Å². The largest absolute Gasteiger partial charge is 0.391 e. The average Bonchev–Trinajstić information content (AvgIpc) is 2.54. The summed E-state index contributed by atoms with van der Waals surface area (Å²) >= 11 is 0. The monoisotopic (exact) mass is 332 g/mol. The maximum absolute atomic E-state index is 11.5. The lowest BCUT2D eigenvalue weighted by atomic mass is 9.89. The second-order valence-corrected chi connectivity index (χ2v) is 5.75. The van der Waals surface area contributed by atoms with Gasteiger partial charge in [-0.15, -0.1) is 12.4 Å². The highest BCUT2D eigenvalue weighted by atomic mass is 35.5. The molecule has 0 saturated heterocycles. The van der Waals surface area contributed by atoms with E-state index in [9.17, 15) is 9.90 Å². The van der Waals surface area contributed by atoms with Crippen LogP contribution < -0.4 is 11.1 Å². The molecule has 1 aliphatic rings. The number of primary amides is 1. The van der Waals surface area contributed by atoms with Crippen LogP contribution in [0.3, 0.4) is 0 Å². The van der Waals surface area contributed by atoms with E-state index in [4.69, 9.17) is 5.73 Å². The Kier molecular flexibility index (Phi) is 5.77. The minimum Gasteiger partial charge on any atom is -0.391 e. The number of halogens is 1. The average molecular weight is 333 g/mol. The first-order valence-electron chi connectivity index (χ1n) is 7.51. The van der Waals surface area contributed by atoms with Crippen molar-refractivity contribution in [3.05, 3.63) is 70.8 Å². The van der Waals surface area contributed by atoms with Crippen molar-refractivity contribution in [3.63, 3.8) is 0 Å². The number of hydrogen-bond acceptors (Lipinski definition) is 3. The SMILES string of the molecule is Cl.NC(=O)c1ccccc1C[C@@H](O)[C@@H]1Cc2ccccc2CN1. The number of benzene rings is 2. The molecule has 2 aromatic carbocycles. The van der Waals surface area contributed by atoms with Crippen molar-refractivity contribution in [2.75, 3.05) is 0 Å². The van der Waals surface area contributed by atoms with Crippen molar-refractivity contribution in [1.29, 1.82) is 0 Å². The zero-order chi connectivity index (χ0) is 15.5. The topological polar surface area (TPSA) is 75.4 Å². The van der Waals surface area contributed by atoms with E-state index in [-0.39, 0.29) is 18.4 Å². The van der Waals surface area contributed by atoms with E-state index in [2.05, 4.69) is 17.4 Å². The summed E-state index contributed by atoms with van der Waals surface area (Å²) in [5.74, 6) is -0.454. The highest BCUT2D eigenvalue weighted by molar-refractivity contribution is 5.94. The predicted molar refractivity (Wildman–Crippen MR) is 92.7 cm³/mol. The van der Waals surface area contributed by atoms with E-state index in [0.29, 0.717) is 12.0 Å². The number of carbonyl (C=O) groups is 1. The molecule has 2 atom stereocenters. The molecular weight excluding hydrogens is 312 g/mol. The Morgan fingerprint density at radius 2 is 1.83 bits per heavy atom. The number of nitrogens with two attached hydrogens (primary N) is 1. The summed E-state index contributed by atoms with van der Waals surface area (Å²) in [4.78, 5) is 11.5. The summed E-state index contributed by atoms with van der Waals surface area (Å²) in [6.07, 6.45) is 0.642. The molecule has 0 saturated carbocycles. The van der Waals surface area contributed by atoms with E-state index in [1.807, 2.05) is 24.3 Å². The van der Waals surface area contributed by atoms with Crippen molar-refractivity contribution in [2.45, 2.75) is 31.5 Å². The van der Waals surface area contributed by atoms with Gasteiger partial charge in [0.25, 0.3) is 0 Å². The molecule has 4 N–H and O–H groups in total. The summed E-state index contributed by atoms with van der Waals surface area (Å²) in [7, 11) is 0. The van der Waals surface area contributed by atoms with Crippen LogP contribution in [0.2, 0.25) is 0 Å². The zero-order valence-electron chi connectivity index (χ0n) is 12.7. The number of carbonyl (C=O) groups excluding carboxylic acids is 1. The van der Waals surface area contributed by atoms with Gasteiger partial charge in [0.15, 0.2) is 0 Å². The van der Waals surface area contributed by atoms with Crippen molar-refractivity contribution >= 4 is 18.3 Å². The molecule has 0 aromatic heterocycles. The van der Waals surface area contributed by atoms with Crippen molar-refractivity contribution in [2.24, 2.45) is 5.73 Å². The second-order valence-electron chi connectivity index (χ2n) is 5.75. The van der Waals surface area contributed by atoms with Crippen LogP contribution in [0.4, 0.5) is 0 Å². The number of fused-ring (bicyclic) bond motifs is 1. The Hall–Kier alpha value is -1.88. The highest BCUT2D eigenvalue weighted by Gasteiger charge is 2.25. The fraction of sp³-hybridized carbons (Fsp3) is 0.278. The van der Waals surface area contributed by atoms with E-state index < -0.39 is 12.0 Å². The molecule has 0 radical (unpaired) electrons. The summed E-state index contributed by atoms with van der Waals surface area (Å²) < 4.78 is 0. The highest BCUT2D eigenvalue weighted by Crippen LogP contribution is 2.20. The van der Waals surface area contributed by atoms with Crippen LogP contribution in [-0.4, -0.2) is 23.2 Å².